The van der Waals surface area contributed by atoms with Crippen LogP contribution in [0.1, 0.15) is 40.9 Å². The number of hydrogen-bond donors (Lipinski definition) is 3. The Bertz CT molecular complexity index is 1190. The molecule has 1 aliphatic carbocycles. The molecule has 10 heteroatoms. The van der Waals surface area contributed by atoms with E-state index >= 15 is 0 Å². The third-order valence-corrected chi connectivity index (χ3v) is 6.32. The highest BCUT2D eigenvalue weighted by molar-refractivity contribution is 6.11. The summed E-state index contributed by atoms with van der Waals surface area (Å²) in [4.78, 5) is 24.3. The molecule has 3 aromatic rings. The fraction of sp³-hybridized carbons (Fsp3) is 0.375. The van der Waals surface area contributed by atoms with E-state index in [0.717, 1.165) is 48.6 Å². The van der Waals surface area contributed by atoms with Crippen molar-refractivity contribution in [3.63, 3.8) is 0 Å². The summed E-state index contributed by atoms with van der Waals surface area (Å²) in [5.74, 6) is -2.93. The molecule has 34 heavy (non-hydrogen) atoms. The third-order valence-electron chi connectivity index (χ3n) is 6.32. The molecule has 2 aromatic carbocycles. The number of amides is 1. The lowest BCUT2D eigenvalue weighted by Gasteiger charge is -2.36. The zero-order valence-corrected chi connectivity index (χ0v) is 18.4. The van der Waals surface area contributed by atoms with E-state index in [1.807, 2.05) is 30.3 Å². The second-order valence-electron chi connectivity index (χ2n) is 8.48. The van der Waals surface area contributed by atoms with Crippen molar-refractivity contribution in [1.29, 1.82) is 0 Å². The van der Waals surface area contributed by atoms with Gasteiger partial charge in [0, 0.05) is 30.2 Å². The molecule has 2 aliphatic rings. The number of aromatic amines is 1. The number of nitrogens with one attached hydrogen (secondary N) is 2. The van der Waals surface area contributed by atoms with Crippen LogP contribution in [-0.2, 0) is 17.6 Å². The van der Waals surface area contributed by atoms with Gasteiger partial charge < -0.3 is 10.4 Å². The molecule has 0 radical (unpaired) electrons. The number of aliphatic carboxylic acids is 1. The van der Waals surface area contributed by atoms with E-state index < -0.39 is 12.1 Å². The minimum Gasteiger partial charge on any atom is -0.475 e. The first-order valence-corrected chi connectivity index (χ1v) is 11.1. The van der Waals surface area contributed by atoms with E-state index in [0.29, 0.717) is 5.69 Å². The molecule has 1 aromatic heterocycles. The van der Waals surface area contributed by atoms with Gasteiger partial charge in [0.15, 0.2) is 5.69 Å². The molecule has 180 valence electrons. The number of rotatable bonds is 3. The summed E-state index contributed by atoms with van der Waals surface area (Å²) in [7, 11) is 0. The van der Waals surface area contributed by atoms with Crippen LogP contribution in [-0.4, -0.2) is 57.4 Å². The lowest BCUT2D eigenvalue weighted by atomic mass is 9.91. The minimum atomic E-state index is -5.08. The number of H-pyrrole nitrogens is 1. The highest BCUT2D eigenvalue weighted by Crippen LogP contribution is 2.28. The molecule has 1 fully saturated rings. The largest absolute Gasteiger partial charge is 0.490 e. The van der Waals surface area contributed by atoms with Gasteiger partial charge in [0.2, 0.25) is 0 Å². The van der Waals surface area contributed by atoms with Gasteiger partial charge in [-0.1, -0.05) is 30.7 Å². The van der Waals surface area contributed by atoms with E-state index in [1.54, 1.807) is 0 Å². The normalized spacial score (nSPS) is 16.6. The number of alkyl halides is 3. The number of carboxylic acids is 1. The van der Waals surface area contributed by atoms with E-state index in [1.165, 1.54) is 30.4 Å². The first kappa shape index (κ1) is 23.7. The van der Waals surface area contributed by atoms with Crippen LogP contribution in [0, 0.1) is 0 Å². The summed E-state index contributed by atoms with van der Waals surface area (Å²) in [6.45, 7) is 2.28. The quantitative estimate of drug-likeness (QED) is 0.523. The zero-order valence-electron chi connectivity index (χ0n) is 18.4. The second-order valence-corrected chi connectivity index (χ2v) is 8.48. The van der Waals surface area contributed by atoms with E-state index in [-0.39, 0.29) is 5.91 Å². The SMILES string of the molecule is O=C(Nc1ccc2c(c1)CCN(C1CCC1)CC2)c1n[nH]c2ccccc12.O=C(O)C(F)(F)F. The maximum atomic E-state index is 12.7. The summed E-state index contributed by atoms with van der Waals surface area (Å²) in [6, 6.07) is 14.8. The molecular formula is C24H25F3N4O3. The van der Waals surface area contributed by atoms with Crippen molar-refractivity contribution in [1.82, 2.24) is 15.1 Å². The summed E-state index contributed by atoms with van der Waals surface area (Å²) in [5.41, 5.74) is 4.95. The Kier molecular flexibility index (Phi) is 6.87. The number of nitrogens with zero attached hydrogens (tertiary/aromatic N) is 2. The Balaban J connectivity index is 0.000000344. The molecule has 0 atom stereocenters. The summed E-state index contributed by atoms with van der Waals surface area (Å²) in [6.07, 6.45) is 1.17. The lowest BCUT2D eigenvalue weighted by molar-refractivity contribution is -0.192. The van der Waals surface area contributed by atoms with Gasteiger partial charge >= 0.3 is 12.1 Å². The van der Waals surface area contributed by atoms with Gasteiger partial charge in [-0.2, -0.15) is 18.3 Å². The van der Waals surface area contributed by atoms with Crippen LogP contribution in [0.15, 0.2) is 42.5 Å². The molecule has 1 aliphatic heterocycles. The van der Waals surface area contributed by atoms with E-state index in [9.17, 15) is 18.0 Å². The number of para-hydroxylation sites is 1. The van der Waals surface area contributed by atoms with Crippen LogP contribution >= 0.6 is 0 Å². The lowest BCUT2D eigenvalue weighted by Crippen LogP contribution is -2.41. The fourth-order valence-corrected chi connectivity index (χ4v) is 4.26. The average molecular weight is 474 g/mol. The van der Waals surface area contributed by atoms with Crippen LogP contribution in [0.25, 0.3) is 10.9 Å². The van der Waals surface area contributed by atoms with Crippen molar-refractivity contribution in [3.8, 4) is 0 Å². The van der Waals surface area contributed by atoms with Crippen LogP contribution < -0.4 is 5.32 Å². The summed E-state index contributed by atoms with van der Waals surface area (Å²) >= 11 is 0. The number of fused-ring (bicyclic) bond motifs is 2. The van der Waals surface area contributed by atoms with Crippen molar-refractivity contribution >= 4 is 28.5 Å². The summed E-state index contributed by atoms with van der Waals surface area (Å²) in [5, 5.41) is 18.1. The monoisotopic (exact) mass is 474 g/mol. The van der Waals surface area contributed by atoms with Gasteiger partial charge in [0.1, 0.15) is 0 Å². The number of benzene rings is 2. The Hall–Kier alpha value is -3.40. The molecule has 2 heterocycles. The van der Waals surface area contributed by atoms with Crippen LogP contribution in [0.2, 0.25) is 0 Å². The van der Waals surface area contributed by atoms with Gasteiger partial charge in [-0.05, 0) is 55.0 Å². The number of carbonyl (C=O) groups excluding carboxylic acids is 1. The van der Waals surface area contributed by atoms with Gasteiger partial charge in [0.05, 0.1) is 5.52 Å². The zero-order chi connectivity index (χ0) is 24.3. The number of aromatic nitrogens is 2. The first-order chi connectivity index (χ1) is 16.2. The topological polar surface area (TPSA) is 98.3 Å². The molecule has 0 unspecified atom stereocenters. The van der Waals surface area contributed by atoms with E-state index in [4.69, 9.17) is 9.90 Å². The van der Waals surface area contributed by atoms with Crippen LogP contribution in [0.5, 0.6) is 0 Å². The Morgan fingerprint density at radius 3 is 2.38 bits per heavy atom. The smallest absolute Gasteiger partial charge is 0.475 e. The van der Waals surface area contributed by atoms with Gasteiger partial charge in [-0.15, -0.1) is 0 Å². The summed E-state index contributed by atoms with van der Waals surface area (Å²) < 4.78 is 31.7. The van der Waals surface area contributed by atoms with E-state index in [2.05, 4.69) is 32.5 Å². The minimum absolute atomic E-state index is 0.169. The number of hydrogen-bond acceptors (Lipinski definition) is 4. The maximum Gasteiger partial charge on any atom is 0.490 e. The van der Waals surface area contributed by atoms with Crippen molar-refractivity contribution in [2.75, 3.05) is 18.4 Å². The van der Waals surface area contributed by atoms with Crippen molar-refractivity contribution < 1.29 is 27.9 Å². The van der Waals surface area contributed by atoms with Crippen LogP contribution in [0.3, 0.4) is 0 Å². The van der Waals surface area contributed by atoms with Crippen LogP contribution in [0.4, 0.5) is 18.9 Å². The molecular weight excluding hydrogens is 449 g/mol. The molecule has 1 amide bonds. The Labute approximate surface area is 193 Å². The highest BCUT2D eigenvalue weighted by atomic mass is 19.4. The second kappa shape index (κ2) is 9.84. The van der Waals surface area contributed by atoms with Gasteiger partial charge in [-0.3, -0.25) is 14.8 Å². The molecule has 0 spiro atoms. The standard InChI is InChI=1S/C22H24N4O.C2HF3O2/c27-22(21-19-6-1-2-7-20(19)24-25-21)23-17-9-8-15-10-12-26(18-4-3-5-18)13-11-16(15)14-17;3-2(4,5)1(6)7/h1-2,6-9,14,18H,3-5,10-13H2,(H,23,27)(H,24,25);(H,6,7). The molecule has 0 saturated heterocycles. The predicted molar refractivity (Wildman–Crippen MR) is 121 cm³/mol. The van der Waals surface area contributed by atoms with Gasteiger partial charge in [0.25, 0.3) is 5.91 Å². The van der Waals surface area contributed by atoms with Crippen molar-refractivity contribution in [3.05, 3.63) is 59.3 Å². The number of halogens is 3. The number of anilines is 1. The molecule has 1 saturated carbocycles. The van der Waals surface area contributed by atoms with Crippen molar-refractivity contribution in [2.24, 2.45) is 0 Å². The molecule has 5 rings (SSSR count). The first-order valence-electron chi connectivity index (χ1n) is 11.1. The third kappa shape index (κ3) is 5.39. The average Bonchev–Trinajstić information content (AvgIpc) is 3.09. The number of carbonyl (C=O) groups is 2. The molecule has 0 bridgehead atoms. The fourth-order valence-electron chi connectivity index (χ4n) is 4.26. The van der Waals surface area contributed by atoms with Crippen molar-refractivity contribution in [2.45, 2.75) is 44.3 Å². The maximum absolute atomic E-state index is 12.7. The molecule has 7 nitrogen and oxygen atoms in total. The predicted octanol–water partition coefficient (Wildman–Crippen LogP) is 4.40. The Morgan fingerprint density at radius 2 is 1.74 bits per heavy atom. The highest BCUT2D eigenvalue weighted by Gasteiger charge is 2.38. The molecule has 3 N–H and O–H groups in total. The Morgan fingerprint density at radius 1 is 1.06 bits per heavy atom. The van der Waals surface area contributed by atoms with Gasteiger partial charge in [-0.25, -0.2) is 4.79 Å². The number of carboxylic acid groups (broad SMARTS) is 1.